The fraction of sp³-hybridized carbons (Fsp3) is 0.263. The lowest BCUT2D eigenvalue weighted by molar-refractivity contribution is -0.125. The summed E-state index contributed by atoms with van der Waals surface area (Å²) in [7, 11) is 0. The number of amides is 2. The molecule has 0 spiro atoms. The lowest BCUT2D eigenvalue weighted by Gasteiger charge is -2.25. The zero-order valence-electron chi connectivity index (χ0n) is 13.3. The summed E-state index contributed by atoms with van der Waals surface area (Å²) in [5, 5.41) is 2.99. The van der Waals surface area contributed by atoms with Crippen molar-refractivity contribution < 1.29 is 9.59 Å². The normalized spacial score (nSPS) is 15.9. The Morgan fingerprint density at radius 1 is 1.04 bits per heavy atom. The molecule has 23 heavy (non-hydrogen) atoms. The molecule has 0 saturated heterocycles. The van der Waals surface area contributed by atoms with Gasteiger partial charge in [0.25, 0.3) is 5.91 Å². The van der Waals surface area contributed by atoms with Gasteiger partial charge in [0, 0.05) is 12.1 Å². The third-order valence-electron chi connectivity index (χ3n) is 4.35. The van der Waals surface area contributed by atoms with Crippen LogP contribution in [-0.2, 0) is 11.3 Å². The van der Waals surface area contributed by atoms with Crippen LogP contribution in [0.25, 0.3) is 0 Å². The molecule has 3 rings (SSSR count). The molecule has 1 aliphatic rings. The Hall–Kier alpha value is -2.62. The highest BCUT2D eigenvalue weighted by Gasteiger charge is 2.33. The van der Waals surface area contributed by atoms with E-state index in [2.05, 4.69) is 5.32 Å². The Balaban J connectivity index is 1.68. The average molecular weight is 308 g/mol. The van der Waals surface area contributed by atoms with Gasteiger partial charge in [-0.05, 0) is 31.0 Å². The van der Waals surface area contributed by atoms with Crippen LogP contribution < -0.4 is 5.32 Å². The molecular weight excluding hydrogens is 288 g/mol. The number of carbonyl (C=O) groups excluding carboxylic acids is 2. The maximum Gasteiger partial charge on any atom is 0.255 e. The highest BCUT2D eigenvalue weighted by molar-refractivity contribution is 6.01. The van der Waals surface area contributed by atoms with Crippen LogP contribution in [0.5, 0.6) is 0 Å². The van der Waals surface area contributed by atoms with Crippen molar-refractivity contribution >= 4 is 11.8 Å². The van der Waals surface area contributed by atoms with Crippen LogP contribution in [0.1, 0.15) is 41.4 Å². The highest BCUT2D eigenvalue weighted by atomic mass is 16.2. The number of hydrogen-bond donors (Lipinski definition) is 1. The Labute approximate surface area is 136 Å². The molecule has 0 unspecified atom stereocenters. The number of carbonyl (C=O) groups is 2. The maximum absolute atomic E-state index is 12.5. The first-order valence-electron chi connectivity index (χ1n) is 7.82. The van der Waals surface area contributed by atoms with Gasteiger partial charge >= 0.3 is 0 Å². The van der Waals surface area contributed by atoms with Gasteiger partial charge in [-0.1, -0.05) is 48.5 Å². The van der Waals surface area contributed by atoms with Crippen molar-refractivity contribution in [1.82, 2.24) is 10.2 Å². The van der Waals surface area contributed by atoms with Crippen LogP contribution in [-0.4, -0.2) is 22.8 Å². The lowest BCUT2D eigenvalue weighted by atomic mass is 10.1. The predicted octanol–water partition coefficient (Wildman–Crippen LogP) is 2.91. The molecule has 1 aliphatic heterocycles. The van der Waals surface area contributed by atoms with Gasteiger partial charge in [0.05, 0.1) is 6.04 Å². The van der Waals surface area contributed by atoms with Crippen molar-refractivity contribution in [3.8, 4) is 0 Å². The summed E-state index contributed by atoms with van der Waals surface area (Å²) in [6, 6.07) is 16.7. The first kappa shape index (κ1) is 15.3. The van der Waals surface area contributed by atoms with Crippen LogP contribution in [0.4, 0.5) is 0 Å². The Bertz CT molecular complexity index is 727. The summed E-state index contributed by atoms with van der Waals surface area (Å²) in [6.45, 7) is 4.21. The molecular formula is C19H20N2O2. The van der Waals surface area contributed by atoms with Gasteiger partial charge < -0.3 is 10.2 Å². The molecule has 4 heteroatoms. The number of nitrogens with zero attached hydrogens (tertiary/aromatic N) is 1. The van der Waals surface area contributed by atoms with E-state index in [9.17, 15) is 9.59 Å². The largest absolute Gasteiger partial charge is 0.348 e. The van der Waals surface area contributed by atoms with Crippen molar-refractivity contribution in [1.29, 1.82) is 0 Å². The molecule has 0 radical (unpaired) electrons. The molecule has 1 N–H and O–H groups in total. The molecule has 0 bridgehead atoms. The van der Waals surface area contributed by atoms with Crippen LogP contribution in [0.15, 0.2) is 54.6 Å². The topological polar surface area (TPSA) is 49.4 Å². The summed E-state index contributed by atoms with van der Waals surface area (Å²) >= 11 is 0. The number of fused-ring (bicyclic) bond motifs is 1. The van der Waals surface area contributed by atoms with Gasteiger partial charge in [0.2, 0.25) is 5.91 Å². The molecule has 2 amide bonds. The smallest absolute Gasteiger partial charge is 0.255 e. The lowest BCUT2D eigenvalue weighted by Crippen LogP contribution is -2.45. The molecule has 2 aromatic carbocycles. The predicted molar refractivity (Wildman–Crippen MR) is 88.8 cm³/mol. The zero-order valence-corrected chi connectivity index (χ0v) is 13.3. The van der Waals surface area contributed by atoms with E-state index in [1.54, 1.807) is 11.8 Å². The van der Waals surface area contributed by atoms with E-state index in [1.165, 1.54) is 0 Å². The van der Waals surface area contributed by atoms with E-state index < -0.39 is 6.04 Å². The summed E-state index contributed by atoms with van der Waals surface area (Å²) in [4.78, 5) is 26.6. The van der Waals surface area contributed by atoms with Crippen LogP contribution in [0.2, 0.25) is 0 Å². The fourth-order valence-corrected chi connectivity index (χ4v) is 2.89. The minimum atomic E-state index is -0.499. The first-order valence-corrected chi connectivity index (χ1v) is 7.82. The Kier molecular flexibility index (Phi) is 4.15. The molecule has 2 atom stereocenters. The monoisotopic (exact) mass is 308 g/mol. The van der Waals surface area contributed by atoms with Crippen molar-refractivity contribution in [2.24, 2.45) is 0 Å². The summed E-state index contributed by atoms with van der Waals surface area (Å²) in [5.74, 6) is -0.210. The highest BCUT2D eigenvalue weighted by Crippen LogP contribution is 2.24. The first-order chi connectivity index (χ1) is 11.1. The molecule has 0 aliphatic carbocycles. The minimum Gasteiger partial charge on any atom is -0.348 e. The van der Waals surface area contributed by atoms with E-state index in [0.717, 1.165) is 11.1 Å². The number of nitrogens with one attached hydrogen (secondary N) is 1. The second-order valence-electron chi connectivity index (χ2n) is 5.91. The third kappa shape index (κ3) is 2.97. The second kappa shape index (κ2) is 6.24. The molecule has 0 saturated carbocycles. The standard InChI is InChI=1S/C19H20N2O2/c1-13(15-8-4-3-5-9-15)20-18(22)14(2)21-12-16-10-6-7-11-17(16)19(21)23/h3-11,13-14H,12H2,1-2H3,(H,20,22)/t13-,14-/m1/s1. The average Bonchev–Trinajstić information content (AvgIpc) is 2.92. The van der Waals surface area contributed by atoms with Crippen molar-refractivity contribution in [2.75, 3.05) is 0 Å². The SMILES string of the molecule is C[C@H](C(=O)N[C@H](C)c1ccccc1)N1Cc2ccccc2C1=O. The number of benzene rings is 2. The van der Waals surface area contributed by atoms with Gasteiger partial charge in [-0.2, -0.15) is 0 Å². The van der Waals surface area contributed by atoms with E-state index in [-0.39, 0.29) is 17.9 Å². The molecule has 118 valence electrons. The third-order valence-corrected chi connectivity index (χ3v) is 4.35. The van der Waals surface area contributed by atoms with E-state index in [4.69, 9.17) is 0 Å². The molecule has 0 aromatic heterocycles. The maximum atomic E-state index is 12.5. The summed E-state index contributed by atoms with van der Waals surface area (Å²) in [6.07, 6.45) is 0. The summed E-state index contributed by atoms with van der Waals surface area (Å²) < 4.78 is 0. The quantitative estimate of drug-likeness (QED) is 0.944. The number of rotatable bonds is 4. The van der Waals surface area contributed by atoms with Crippen molar-refractivity contribution in [3.63, 3.8) is 0 Å². The Morgan fingerprint density at radius 3 is 2.39 bits per heavy atom. The van der Waals surface area contributed by atoms with E-state index in [1.807, 2.05) is 61.5 Å². The Morgan fingerprint density at radius 2 is 1.70 bits per heavy atom. The van der Waals surface area contributed by atoms with Gasteiger partial charge in [-0.15, -0.1) is 0 Å². The fourth-order valence-electron chi connectivity index (χ4n) is 2.89. The van der Waals surface area contributed by atoms with Crippen LogP contribution in [0, 0.1) is 0 Å². The second-order valence-corrected chi connectivity index (χ2v) is 5.91. The van der Waals surface area contributed by atoms with Gasteiger partial charge in [0.1, 0.15) is 6.04 Å². The van der Waals surface area contributed by atoms with E-state index >= 15 is 0 Å². The molecule has 2 aromatic rings. The van der Waals surface area contributed by atoms with Gasteiger partial charge in [-0.3, -0.25) is 9.59 Å². The van der Waals surface area contributed by atoms with Gasteiger partial charge in [-0.25, -0.2) is 0 Å². The van der Waals surface area contributed by atoms with E-state index in [0.29, 0.717) is 12.1 Å². The minimum absolute atomic E-state index is 0.0735. The summed E-state index contributed by atoms with van der Waals surface area (Å²) in [5.41, 5.74) is 2.72. The van der Waals surface area contributed by atoms with Crippen molar-refractivity contribution in [2.45, 2.75) is 32.5 Å². The molecule has 4 nitrogen and oxygen atoms in total. The molecule has 0 fully saturated rings. The van der Waals surface area contributed by atoms with Crippen molar-refractivity contribution in [3.05, 3.63) is 71.3 Å². The van der Waals surface area contributed by atoms with Gasteiger partial charge in [0.15, 0.2) is 0 Å². The molecule has 1 heterocycles. The van der Waals surface area contributed by atoms with Crippen LogP contribution in [0.3, 0.4) is 0 Å². The van der Waals surface area contributed by atoms with Crippen LogP contribution >= 0.6 is 0 Å². The number of hydrogen-bond acceptors (Lipinski definition) is 2. The zero-order chi connectivity index (χ0) is 16.4.